The van der Waals surface area contributed by atoms with E-state index in [0.29, 0.717) is 13.2 Å². The number of ether oxygens (including phenoxy) is 2. The largest absolute Gasteiger partial charge is 0.377 e. The van der Waals surface area contributed by atoms with Crippen LogP contribution < -0.4 is 4.90 Å². The van der Waals surface area contributed by atoms with Crippen LogP contribution in [0, 0.1) is 6.92 Å². The van der Waals surface area contributed by atoms with Gasteiger partial charge in [0.1, 0.15) is 5.60 Å². The lowest BCUT2D eigenvalue weighted by Gasteiger charge is -2.43. The van der Waals surface area contributed by atoms with Gasteiger partial charge in [-0.3, -0.25) is 4.90 Å². The van der Waals surface area contributed by atoms with Crippen LogP contribution in [0.3, 0.4) is 0 Å². The molecule has 134 valence electrons. The molecule has 0 radical (unpaired) electrons. The molecule has 0 aromatic carbocycles. The summed E-state index contributed by atoms with van der Waals surface area (Å²) in [6.07, 6.45) is 3.74. The van der Waals surface area contributed by atoms with Gasteiger partial charge in [0.15, 0.2) is 0 Å². The number of hydrogen-bond donors (Lipinski definition) is 0. The molecule has 0 bridgehead atoms. The van der Waals surface area contributed by atoms with Crippen molar-refractivity contribution in [2.24, 2.45) is 0 Å². The highest BCUT2D eigenvalue weighted by atomic mass is 16.5. The maximum absolute atomic E-state index is 6.22. The van der Waals surface area contributed by atoms with Gasteiger partial charge in [0.25, 0.3) is 0 Å². The minimum atomic E-state index is -0.296. The molecule has 3 rings (SSSR count). The number of morpholine rings is 1. The van der Waals surface area contributed by atoms with Gasteiger partial charge in [0, 0.05) is 45.1 Å². The van der Waals surface area contributed by atoms with Crippen molar-refractivity contribution in [2.75, 3.05) is 78.1 Å². The molecule has 1 aromatic heterocycles. The molecule has 3 heterocycles. The summed E-state index contributed by atoms with van der Waals surface area (Å²) in [5.41, 5.74) is 0.782. The maximum Gasteiger partial charge on any atom is 0.225 e. The Morgan fingerprint density at radius 3 is 2.71 bits per heavy atom. The minimum absolute atomic E-state index is 0.296. The normalized spacial score (nSPS) is 26.1. The van der Waals surface area contributed by atoms with E-state index in [4.69, 9.17) is 9.47 Å². The Bertz CT molecular complexity index is 524. The van der Waals surface area contributed by atoms with Crippen molar-refractivity contribution in [2.45, 2.75) is 12.5 Å². The van der Waals surface area contributed by atoms with Gasteiger partial charge in [-0.15, -0.1) is 0 Å². The highest BCUT2D eigenvalue weighted by molar-refractivity contribution is 5.31. The predicted molar refractivity (Wildman–Crippen MR) is 93.5 cm³/mol. The molecule has 2 fully saturated rings. The quantitative estimate of drug-likeness (QED) is 0.782. The summed E-state index contributed by atoms with van der Waals surface area (Å²) < 4.78 is 12.1. The van der Waals surface area contributed by atoms with Crippen LogP contribution in [0.25, 0.3) is 0 Å². The van der Waals surface area contributed by atoms with Crippen molar-refractivity contribution >= 4 is 5.95 Å². The zero-order chi connectivity index (χ0) is 17.0. The van der Waals surface area contributed by atoms with E-state index in [1.165, 1.54) is 0 Å². The molecule has 1 spiro atoms. The third-order valence-corrected chi connectivity index (χ3v) is 4.59. The van der Waals surface area contributed by atoms with Gasteiger partial charge < -0.3 is 19.3 Å². The van der Waals surface area contributed by atoms with E-state index in [1.807, 2.05) is 19.3 Å². The first-order chi connectivity index (χ1) is 11.6. The molecule has 7 nitrogen and oxygen atoms in total. The van der Waals surface area contributed by atoms with Gasteiger partial charge in [-0.05, 0) is 26.6 Å². The molecule has 2 aliphatic heterocycles. The molecule has 0 saturated carbocycles. The van der Waals surface area contributed by atoms with E-state index >= 15 is 0 Å². The van der Waals surface area contributed by atoms with E-state index in [1.54, 1.807) is 0 Å². The number of likely N-dealkylation sites (N-methyl/N-ethyl adjacent to an activating group) is 1. The number of anilines is 1. The van der Waals surface area contributed by atoms with Crippen molar-refractivity contribution in [1.82, 2.24) is 19.8 Å². The summed E-state index contributed by atoms with van der Waals surface area (Å²) in [5.74, 6) is 0.785. The number of rotatable bonds is 4. The van der Waals surface area contributed by atoms with Crippen LogP contribution in [-0.4, -0.2) is 98.6 Å². The lowest BCUT2D eigenvalue weighted by atomic mass is 10.0. The SMILES string of the molecule is Cc1cnc(N2CCOC3(COCCN(CCN(C)C)C3)C2)nc1. The molecular formula is C17H29N5O2. The molecule has 2 saturated heterocycles. The Morgan fingerprint density at radius 2 is 1.96 bits per heavy atom. The average Bonchev–Trinajstić information content (AvgIpc) is 2.76. The first kappa shape index (κ1) is 17.5. The molecule has 2 aliphatic rings. The van der Waals surface area contributed by atoms with Crippen molar-refractivity contribution in [3.63, 3.8) is 0 Å². The monoisotopic (exact) mass is 335 g/mol. The van der Waals surface area contributed by atoms with E-state index < -0.39 is 0 Å². The highest BCUT2D eigenvalue weighted by Crippen LogP contribution is 2.24. The Morgan fingerprint density at radius 1 is 1.17 bits per heavy atom. The molecule has 1 atom stereocenters. The third-order valence-electron chi connectivity index (χ3n) is 4.59. The van der Waals surface area contributed by atoms with Crippen molar-refractivity contribution in [3.8, 4) is 0 Å². The van der Waals surface area contributed by atoms with Crippen LogP contribution in [0.5, 0.6) is 0 Å². The molecule has 7 heteroatoms. The predicted octanol–water partition coefficient (Wildman–Crippen LogP) is 0.254. The van der Waals surface area contributed by atoms with Crippen LogP contribution in [0.15, 0.2) is 12.4 Å². The zero-order valence-corrected chi connectivity index (χ0v) is 15.1. The maximum atomic E-state index is 6.22. The lowest BCUT2D eigenvalue weighted by Crippen LogP contribution is -2.59. The van der Waals surface area contributed by atoms with E-state index in [0.717, 1.165) is 57.4 Å². The van der Waals surface area contributed by atoms with Gasteiger partial charge in [0.05, 0.1) is 26.4 Å². The van der Waals surface area contributed by atoms with Gasteiger partial charge in [0.2, 0.25) is 5.95 Å². The standard InChI is InChI=1S/C17H29N5O2/c1-15-10-18-16(19-11-15)22-7-9-24-17(13-22)12-21(5-4-20(2)3)6-8-23-14-17/h10-11H,4-9,12-14H2,1-3H3. The fraction of sp³-hybridized carbons (Fsp3) is 0.765. The molecule has 1 unspecified atom stereocenters. The Balaban J connectivity index is 1.69. The Kier molecular flexibility index (Phi) is 5.65. The minimum Gasteiger partial charge on any atom is -0.377 e. The van der Waals surface area contributed by atoms with Gasteiger partial charge in [-0.25, -0.2) is 9.97 Å². The average molecular weight is 335 g/mol. The van der Waals surface area contributed by atoms with Crippen molar-refractivity contribution in [3.05, 3.63) is 18.0 Å². The number of aryl methyl sites for hydroxylation is 1. The third kappa shape index (κ3) is 4.42. The van der Waals surface area contributed by atoms with E-state index in [2.05, 4.69) is 38.8 Å². The van der Waals surface area contributed by atoms with Gasteiger partial charge in [-0.1, -0.05) is 0 Å². The summed E-state index contributed by atoms with van der Waals surface area (Å²) in [6.45, 7) is 9.60. The molecule has 0 aliphatic carbocycles. The summed E-state index contributed by atoms with van der Waals surface area (Å²) in [7, 11) is 4.22. The fourth-order valence-corrected chi connectivity index (χ4v) is 3.26. The molecule has 24 heavy (non-hydrogen) atoms. The molecule has 0 amide bonds. The Labute approximate surface area is 144 Å². The first-order valence-electron chi connectivity index (χ1n) is 8.69. The van der Waals surface area contributed by atoms with Gasteiger partial charge in [-0.2, -0.15) is 0 Å². The second-order valence-corrected chi connectivity index (χ2v) is 7.15. The summed E-state index contributed by atoms with van der Waals surface area (Å²) in [5, 5.41) is 0. The molecular weight excluding hydrogens is 306 g/mol. The first-order valence-corrected chi connectivity index (χ1v) is 8.69. The lowest BCUT2D eigenvalue weighted by molar-refractivity contribution is -0.0999. The van der Waals surface area contributed by atoms with Crippen LogP contribution in [0.4, 0.5) is 5.95 Å². The second-order valence-electron chi connectivity index (χ2n) is 7.15. The molecule has 1 aromatic rings. The van der Waals surface area contributed by atoms with E-state index in [-0.39, 0.29) is 5.60 Å². The van der Waals surface area contributed by atoms with Crippen LogP contribution >= 0.6 is 0 Å². The zero-order valence-electron chi connectivity index (χ0n) is 15.1. The summed E-state index contributed by atoms with van der Waals surface area (Å²) >= 11 is 0. The smallest absolute Gasteiger partial charge is 0.225 e. The van der Waals surface area contributed by atoms with E-state index in [9.17, 15) is 0 Å². The second kappa shape index (κ2) is 7.74. The summed E-state index contributed by atoms with van der Waals surface area (Å²) in [4.78, 5) is 15.8. The van der Waals surface area contributed by atoms with Crippen molar-refractivity contribution in [1.29, 1.82) is 0 Å². The van der Waals surface area contributed by atoms with Crippen LogP contribution in [0.2, 0.25) is 0 Å². The molecule has 0 N–H and O–H groups in total. The van der Waals surface area contributed by atoms with Crippen LogP contribution in [0.1, 0.15) is 5.56 Å². The van der Waals surface area contributed by atoms with Crippen molar-refractivity contribution < 1.29 is 9.47 Å². The number of hydrogen-bond acceptors (Lipinski definition) is 7. The summed E-state index contributed by atoms with van der Waals surface area (Å²) in [6, 6.07) is 0. The Hall–Kier alpha value is -1.28. The highest BCUT2D eigenvalue weighted by Gasteiger charge is 2.40. The number of aromatic nitrogens is 2. The van der Waals surface area contributed by atoms with Crippen LogP contribution in [-0.2, 0) is 9.47 Å². The van der Waals surface area contributed by atoms with Gasteiger partial charge >= 0.3 is 0 Å². The number of nitrogens with zero attached hydrogens (tertiary/aromatic N) is 5. The topological polar surface area (TPSA) is 54.0 Å². The fourth-order valence-electron chi connectivity index (χ4n) is 3.26.